The molecule has 28 heavy (non-hydrogen) atoms. The Labute approximate surface area is 170 Å². The van der Waals surface area contributed by atoms with Gasteiger partial charge in [0.2, 0.25) is 0 Å². The molecule has 2 aromatic rings. The summed E-state index contributed by atoms with van der Waals surface area (Å²) >= 11 is 8.08. The Morgan fingerprint density at radius 3 is 2.68 bits per heavy atom. The van der Waals surface area contributed by atoms with E-state index in [0.29, 0.717) is 29.3 Å². The maximum Gasteiger partial charge on any atom is 0.309 e. The Balaban J connectivity index is 1.75. The van der Waals surface area contributed by atoms with Gasteiger partial charge in [-0.3, -0.25) is 9.59 Å². The predicted octanol–water partition coefficient (Wildman–Crippen LogP) is 1.94. The van der Waals surface area contributed by atoms with E-state index in [-0.39, 0.29) is 19.4 Å². The van der Waals surface area contributed by atoms with E-state index in [1.165, 1.54) is 0 Å². The Morgan fingerprint density at radius 1 is 1.25 bits per heavy atom. The molecule has 0 unspecified atom stereocenters. The van der Waals surface area contributed by atoms with Gasteiger partial charge in [0.1, 0.15) is 5.03 Å². The number of hydrogen-bond donors (Lipinski definition) is 1. The highest BCUT2D eigenvalue weighted by atomic mass is 35.5. The van der Waals surface area contributed by atoms with E-state index in [9.17, 15) is 9.59 Å². The Kier molecular flexibility index (Phi) is 5.31. The van der Waals surface area contributed by atoms with Gasteiger partial charge in [0.25, 0.3) is 5.79 Å². The summed E-state index contributed by atoms with van der Waals surface area (Å²) in [7, 11) is 1.83. The van der Waals surface area contributed by atoms with Crippen molar-refractivity contribution in [3.63, 3.8) is 0 Å². The maximum absolute atomic E-state index is 12.2. The number of hydrogen-bond acceptors (Lipinski definition) is 8. The lowest BCUT2D eigenvalue weighted by atomic mass is 9.94. The van der Waals surface area contributed by atoms with Crippen molar-refractivity contribution >= 4 is 35.3 Å². The van der Waals surface area contributed by atoms with Crippen LogP contribution in [0.4, 0.5) is 0 Å². The zero-order valence-electron chi connectivity index (χ0n) is 15.2. The van der Waals surface area contributed by atoms with E-state index in [0.717, 1.165) is 16.2 Å². The number of carbonyl (C=O) groups excluding carboxylic acids is 2. The molecule has 0 aliphatic carbocycles. The fourth-order valence-corrected chi connectivity index (χ4v) is 4.75. The van der Waals surface area contributed by atoms with E-state index >= 15 is 0 Å². The second kappa shape index (κ2) is 7.73. The molecule has 0 amide bonds. The van der Waals surface area contributed by atoms with E-state index in [4.69, 9.17) is 21.1 Å². The molecule has 0 atom stereocenters. The Morgan fingerprint density at radius 2 is 2.00 bits per heavy atom. The topological polar surface area (TPSA) is 95.3 Å². The SMILES string of the molecule is Cn1nncc1SCc1c(Cl)ccc2c1CCNCC21OC(=O)CCC(=O)O1. The number of halogens is 1. The van der Waals surface area contributed by atoms with Crippen molar-refractivity contribution in [1.29, 1.82) is 0 Å². The van der Waals surface area contributed by atoms with E-state index in [1.54, 1.807) is 34.8 Å². The van der Waals surface area contributed by atoms with Crippen LogP contribution in [0.1, 0.15) is 29.5 Å². The van der Waals surface area contributed by atoms with Crippen molar-refractivity contribution < 1.29 is 19.1 Å². The van der Waals surface area contributed by atoms with Crippen LogP contribution in [0.3, 0.4) is 0 Å². The predicted molar refractivity (Wildman–Crippen MR) is 102 cm³/mol. The third-order valence-corrected chi connectivity index (χ3v) is 6.27. The summed E-state index contributed by atoms with van der Waals surface area (Å²) < 4.78 is 13.0. The van der Waals surface area contributed by atoms with Crippen LogP contribution < -0.4 is 5.32 Å². The van der Waals surface area contributed by atoms with E-state index in [2.05, 4.69) is 15.6 Å². The number of nitrogens with zero attached hydrogens (tertiary/aromatic N) is 3. The fourth-order valence-electron chi connectivity index (χ4n) is 3.46. The van der Waals surface area contributed by atoms with Gasteiger partial charge in [0.05, 0.1) is 25.6 Å². The highest BCUT2D eigenvalue weighted by Crippen LogP contribution is 2.39. The molecule has 0 radical (unpaired) electrons. The minimum absolute atomic E-state index is 0.0136. The van der Waals surface area contributed by atoms with Crippen LogP contribution >= 0.6 is 23.4 Å². The molecule has 3 heterocycles. The number of benzene rings is 1. The molecule has 1 aromatic carbocycles. The molecule has 10 heteroatoms. The van der Waals surface area contributed by atoms with Gasteiger partial charge in [-0.25, -0.2) is 4.68 Å². The molecule has 2 aliphatic heterocycles. The van der Waals surface area contributed by atoms with Gasteiger partial charge < -0.3 is 14.8 Å². The molecular weight excluding hydrogens is 404 g/mol. The first kappa shape index (κ1) is 19.2. The molecule has 4 rings (SSSR count). The monoisotopic (exact) mass is 422 g/mol. The number of ether oxygens (including phenoxy) is 2. The van der Waals surface area contributed by atoms with Crippen LogP contribution in [0, 0.1) is 0 Å². The van der Waals surface area contributed by atoms with Crippen LogP contribution in [-0.2, 0) is 44.1 Å². The number of esters is 2. The first-order valence-corrected chi connectivity index (χ1v) is 10.3. The summed E-state index contributed by atoms with van der Waals surface area (Å²) in [5.41, 5.74) is 2.52. The van der Waals surface area contributed by atoms with Gasteiger partial charge in [-0.2, -0.15) is 0 Å². The summed E-state index contributed by atoms with van der Waals surface area (Å²) in [6.07, 6.45) is 2.39. The highest BCUT2D eigenvalue weighted by Gasteiger charge is 2.45. The molecule has 8 nitrogen and oxygen atoms in total. The van der Waals surface area contributed by atoms with Crippen molar-refractivity contribution in [3.05, 3.63) is 40.0 Å². The number of nitrogens with one attached hydrogen (secondary N) is 1. The summed E-state index contributed by atoms with van der Waals surface area (Å²) in [5, 5.41) is 12.6. The average molecular weight is 423 g/mol. The fraction of sp³-hybridized carbons (Fsp3) is 0.444. The van der Waals surface area contributed by atoms with Crippen molar-refractivity contribution in [2.24, 2.45) is 7.05 Å². The lowest BCUT2D eigenvalue weighted by molar-refractivity contribution is -0.225. The molecule has 148 valence electrons. The minimum atomic E-state index is -1.46. The Hall–Kier alpha value is -2.10. The third kappa shape index (κ3) is 3.61. The van der Waals surface area contributed by atoms with Crippen LogP contribution in [-0.4, -0.2) is 40.0 Å². The van der Waals surface area contributed by atoms with Gasteiger partial charge in [-0.1, -0.05) is 16.8 Å². The van der Waals surface area contributed by atoms with Crippen molar-refractivity contribution in [1.82, 2.24) is 20.3 Å². The summed E-state index contributed by atoms with van der Waals surface area (Å²) in [6, 6.07) is 3.55. The average Bonchev–Trinajstić information content (AvgIpc) is 2.90. The number of thioether (sulfide) groups is 1. The number of aryl methyl sites for hydroxylation is 1. The first-order chi connectivity index (χ1) is 13.5. The molecule has 1 aromatic heterocycles. The second-order valence-electron chi connectivity index (χ2n) is 6.66. The zero-order valence-corrected chi connectivity index (χ0v) is 16.8. The normalized spacial score (nSPS) is 18.8. The molecule has 1 N–H and O–H groups in total. The lowest BCUT2D eigenvalue weighted by Gasteiger charge is -2.32. The molecule has 0 saturated carbocycles. The Bertz CT molecular complexity index is 914. The van der Waals surface area contributed by atoms with Crippen LogP contribution in [0.2, 0.25) is 5.02 Å². The molecule has 1 saturated heterocycles. The van der Waals surface area contributed by atoms with Gasteiger partial charge in [0, 0.05) is 23.4 Å². The van der Waals surface area contributed by atoms with E-state index < -0.39 is 17.7 Å². The number of carbonyl (C=O) groups is 2. The van der Waals surface area contributed by atoms with Crippen LogP contribution in [0.15, 0.2) is 23.4 Å². The third-order valence-electron chi connectivity index (χ3n) is 4.82. The van der Waals surface area contributed by atoms with Crippen LogP contribution in [0.5, 0.6) is 0 Å². The number of aromatic nitrogens is 3. The van der Waals surface area contributed by atoms with Gasteiger partial charge in [-0.05, 0) is 36.2 Å². The second-order valence-corrected chi connectivity index (χ2v) is 8.07. The largest absolute Gasteiger partial charge is 0.416 e. The quantitative estimate of drug-likeness (QED) is 0.592. The van der Waals surface area contributed by atoms with E-state index in [1.807, 2.05) is 7.05 Å². The first-order valence-electron chi connectivity index (χ1n) is 8.91. The summed E-state index contributed by atoms with van der Waals surface area (Å²) in [5.74, 6) is -1.78. The van der Waals surface area contributed by atoms with Crippen LogP contribution in [0.25, 0.3) is 0 Å². The molecule has 1 spiro atoms. The minimum Gasteiger partial charge on any atom is -0.416 e. The van der Waals surface area contributed by atoms with Gasteiger partial charge in [-0.15, -0.1) is 16.9 Å². The van der Waals surface area contributed by atoms with Gasteiger partial charge >= 0.3 is 11.9 Å². The highest BCUT2D eigenvalue weighted by molar-refractivity contribution is 7.98. The number of fused-ring (bicyclic) bond motifs is 2. The molecule has 0 bridgehead atoms. The summed E-state index contributed by atoms with van der Waals surface area (Å²) in [6.45, 7) is 0.854. The van der Waals surface area contributed by atoms with Crippen molar-refractivity contribution in [3.8, 4) is 0 Å². The van der Waals surface area contributed by atoms with Crippen molar-refractivity contribution in [2.75, 3.05) is 13.1 Å². The van der Waals surface area contributed by atoms with Gasteiger partial charge in [0.15, 0.2) is 0 Å². The molecular formula is C18H19ClN4O4S. The maximum atomic E-state index is 12.2. The van der Waals surface area contributed by atoms with Crippen molar-refractivity contribution in [2.45, 2.75) is 35.8 Å². The summed E-state index contributed by atoms with van der Waals surface area (Å²) in [4.78, 5) is 24.3. The molecule has 2 aliphatic rings. The standard InChI is InChI=1S/C18H19ClN4O4S/c1-23-15(8-21-22-23)28-9-12-11-6-7-20-10-18(13(11)2-3-14(12)19)26-16(24)4-5-17(25)27-18/h2-3,8,20H,4-7,9-10H2,1H3. The number of rotatable bonds is 3. The zero-order chi connectivity index (χ0) is 19.7. The smallest absolute Gasteiger partial charge is 0.309 e. The molecule has 1 fully saturated rings. The lowest BCUT2D eigenvalue weighted by Crippen LogP contribution is -2.43.